The quantitative estimate of drug-likeness (QED) is 0.514. The maximum atomic E-state index is 13.5. The Balaban J connectivity index is 1.50. The van der Waals surface area contributed by atoms with Gasteiger partial charge in [-0.1, -0.05) is 6.92 Å². The van der Waals surface area contributed by atoms with Gasteiger partial charge in [0, 0.05) is 18.9 Å². The summed E-state index contributed by atoms with van der Waals surface area (Å²) in [5.74, 6) is 4.14. The van der Waals surface area contributed by atoms with Crippen LogP contribution in [0.2, 0.25) is 0 Å². The van der Waals surface area contributed by atoms with E-state index >= 15 is 0 Å². The summed E-state index contributed by atoms with van der Waals surface area (Å²) in [5.41, 5.74) is -0.341. The van der Waals surface area contributed by atoms with Gasteiger partial charge in [0.15, 0.2) is 5.78 Å². The number of carbonyl (C=O) groups excluding carboxylic acids is 1. The Morgan fingerprint density at radius 3 is 2.53 bits per heavy atom. The highest BCUT2D eigenvalue weighted by Gasteiger charge is 2.59. The molecule has 4 fully saturated rings. The van der Waals surface area contributed by atoms with E-state index in [-0.39, 0.29) is 17.4 Å². The molecule has 0 aromatic carbocycles. The van der Waals surface area contributed by atoms with E-state index in [4.69, 9.17) is 0 Å². The molecule has 9 atom stereocenters. The van der Waals surface area contributed by atoms with Crippen LogP contribution < -0.4 is 0 Å². The first-order valence-electron chi connectivity index (χ1n) is 12.2. The second-order valence-electron chi connectivity index (χ2n) is 11.3. The van der Waals surface area contributed by atoms with Gasteiger partial charge in [0.2, 0.25) is 0 Å². The molecule has 0 saturated heterocycles. The number of carbonyl (C=O) groups is 1. The Bertz CT molecular complexity index is 705. The minimum atomic E-state index is -0.454. The van der Waals surface area contributed by atoms with Crippen LogP contribution in [0, 0.1) is 40.9 Å². The van der Waals surface area contributed by atoms with Crippen molar-refractivity contribution < 1.29 is 9.90 Å². The lowest BCUT2D eigenvalue weighted by molar-refractivity contribution is -0.136. The van der Waals surface area contributed by atoms with Crippen LogP contribution in [-0.4, -0.2) is 40.6 Å². The fourth-order valence-corrected chi connectivity index (χ4v) is 8.33. The van der Waals surface area contributed by atoms with Crippen molar-refractivity contribution >= 4 is 18.7 Å². The van der Waals surface area contributed by atoms with Crippen LogP contribution in [-0.2, 0) is 4.79 Å². The van der Waals surface area contributed by atoms with E-state index in [0.717, 1.165) is 37.0 Å². The van der Waals surface area contributed by atoms with Crippen LogP contribution in [0.1, 0.15) is 85.5 Å². The van der Waals surface area contributed by atoms with E-state index in [0.29, 0.717) is 17.6 Å². The number of hydrogen-bond acceptors (Lipinski definition) is 5. The summed E-state index contributed by atoms with van der Waals surface area (Å²) in [6.45, 7) is 11.8. The summed E-state index contributed by atoms with van der Waals surface area (Å²) in [7, 11) is 0. The van der Waals surface area contributed by atoms with Gasteiger partial charge < -0.3 is 5.11 Å². The molecule has 0 heterocycles. The molecule has 30 heavy (non-hydrogen) atoms. The fraction of sp³-hybridized carbons (Fsp3) is 0.880. The zero-order valence-corrected chi connectivity index (χ0v) is 19.4. The number of hydrazone groups is 2. The lowest BCUT2D eigenvalue weighted by Gasteiger charge is -2.57. The first kappa shape index (κ1) is 22.0. The molecule has 0 aliphatic heterocycles. The van der Waals surface area contributed by atoms with E-state index in [9.17, 15) is 9.90 Å². The van der Waals surface area contributed by atoms with Crippen molar-refractivity contribution in [1.82, 2.24) is 5.12 Å². The fourth-order valence-electron chi connectivity index (χ4n) is 8.33. The van der Waals surface area contributed by atoms with Crippen LogP contribution >= 0.6 is 0 Å². The average molecular weight is 416 g/mol. The van der Waals surface area contributed by atoms with Crippen molar-refractivity contribution in [2.75, 3.05) is 0 Å². The summed E-state index contributed by atoms with van der Waals surface area (Å²) in [6.07, 6.45) is 12.0. The van der Waals surface area contributed by atoms with E-state index in [1.165, 1.54) is 43.6 Å². The molecule has 4 saturated carbocycles. The number of Topliss-reactive ketones (excluding diaryl/α,β-unsaturated/α-hetero) is 1. The zero-order chi connectivity index (χ0) is 21.7. The number of hydrogen-bond donors (Lipinski definition) is 1. The number of fused-ring (bicyclic) bond motifs is 5. The van der Waals surface area contributed by atoms with E-state index in [1.807, 2.05) is 20.8 Å². The van der Waals surface area contributed by atoms with Gasteiger partial charge in [0.05, 0.1) is 5.60 Å². The van der Waals surface area contributed by atoms with Gasteiger partial charge in [-0.2, -0.15) is 15.3 Å². The third kappa shape index (κ3) is 3.55. The zero-order valence-electron chi connectivity index (χ0n) is 19.4. The molecule has 4 aliphatic carbocycles. The largest absolute Gasteiger partial charge is 0.390 e. The van der Waals surface area contributed by atoms with Crippen LogP contribution in [0.15, 0.2) is 10.2 Å². The van der Waals surface area contributed by atoms with Crippen LogP contribution in [0.25, 0.3) is 0 Å². The molecule has 0 aromatic heterocycles. The summed E-state index contributed by atoms with van der Waals surface area (Å²) >= 11 is 0. The minimum Gasteiger partial charge on any atom is -0.390 e. The molecule has 5 nitrogen and oxygen atoms in total. The lowest BCUT2D eigenvalue weighted by Crippen LogP contribution is -2.52. The second kappa shape index (κ2) is 8.03. The van der Waals surface area contributed by atoms with Crippen LogP contribution in [0.4, 0.5) is 0 Å². The van der Waals surface area contributed by atoms with Crippen molar-refractivity contribution in [1.29, 1.82) is 0 Å². The summed E-state index contributed by atoms with van der Waals surface area (Å²) in [5, 5.41) is 20.2. The standard InChI is InChI=1S/C25H41N3O2/c1-6-27-28(26-5)16(2)23(29)22-10-9-21-20-8-7-17-15-24(3,30)13-11-18(17)19(20)12-14-25(21,22)4/h6,16-22,30H,5,7-15H2,1-4H3/b27-6-/t16-,17+,18+,19-,20-,21+,22-,24-,25+/m1/s1. The number of nitrogens with zero attached hydrogens (tertiary/aromatic N) is 3. The molecule has 0 bridgehead atoms. The minimum absolute atomic E-state index is 0.111. The highest BCUT2D eigenvalue weighted by molar-refractivity contribution is 5.87. The highest BCUT2D eigenvalue weighted by atomic mass is 16.3. The first-order chi connectivity index (χ1) is 14.2. The third-order valence-electron chi connectivity index (χ3n) is 9.72. The third-order valence-corrected chi connectivity index (χ3v) is 9.72. The molecule has 5 heteroatoms. The van der Waals surface area contributed by atoms with Gasteiger partial charge in [-0.15, -0.1) is 0 Å². The van der Waals surface area contributed by atoms with Crippen molar-refractivity contribution in [3.8, 4) is 0 Å². The Kier molecular flexibility index (Phi) is 5.89. The molecule has 0 amide bonds. The van der Waals surface area contributed by atoms with Crippen molar-refractivity contribution in [2.45, 2.75) is 97.1 Å². The number of rotatable bonds is 5. The molecule has 168 valence electrons. The van der Waals surface area contributed by atoms with E-state index < -0.39 is 5.60 Å². The number of aliphatic hydroxyl groups is 1. The predicted octanol–water partition coefficient (Wildman–Crippen LogP) is 4.89. The van der Waals surface area contributed by atoms with Gasteiger partial charge >= 0.3 is 0 Å². The molecule has 0 spiro atoms. The van der Waals surface area contributed by atoms with Crippen molar-refractivity contribution in [3.05, 3.63) is 0 Å². The Hall–Kier alpha value is -1.23. The predicted molar refractivity (Wildman–Crippen MR) is 121 cm³/mol. The van der Waals surface area contributed by atoms with Crippen molar-refractivity contribution in [3.63, 3.8) is 0 Å². The average Bonchev–Trinajstić information content (AvgIpc) is 3.07. The smallest absolute Gasteiger partial charge is 0.162 e. The van der Waals surface area contributed by atoms with Gasteiger partial charge in [0.1, 0.15) is 6.04 Å². The first-order valence-corrected chi connectivity index (χ1v) is 12.2. The molecular formula is C25H41N3O2. The van der Waals surface area contributed by atoms with Crippen LogP contribution in [0.5, 0.6) is 0 Å². The van der Waals surface area contributed by atoms with E-state index in [2.05, 4.69) is 23.8 Å². The molecular weight excluding hydrogens is 374 g/mol. The lowest BCUT2D eigenvalue weighted by atomic mass is 9.49. The number of ketones is 1. The van der Waals surface area contributed by atoms with Crippen LogP contribution in [0.3, 0.4) is 0 Å². The Morgan fingerprint density at radius 1 is 1.10 bits per heavy atom. The van der Waals surface area contributed by atoms with Gasteiger partial charge in [-0.3, -0.25) is 4.79 Å². The maximum Gasteiger partial charge on any atom is 0.162 e. The summed E-state index contributed by atoms with van der Waals surface area (Å²) < 4.78 is 0. The van der Waals surface area contributed by atoms with Gasteiger partial charge in [0.25, 0.3) is 0 Å². The molecule has 1 N–H and O–H groups in total. The Morgan fingerprint density at radius 2 is 1.83 bits per heavy atom. The molecule has 4 aliphatic rings. The van der Waals surface area contributed by atoms with Gasteiger partial charge in [-0.25, -0.2) is 0 Å². The topological polar surface area (TPSA) is 65.3 Å². The second-order valence-corrected chi connectivity index (χ2v) is 11.3. The SMILES string of the molecule is C=NN(/N=C\C)[C@H](C)C(=O)[C@H]1CC[C@H]2[C@@H]3CC[C@H]4C[C@](C)(O)CC[C@@H]4[C@H]3CC[C@]12C. The normalized spacial score (nSPS) is 46.6. The maximum absolute atomic E-state index is 13.5. The van der Waals surface area contributed by atoms with Crippen molar-refractivity contribution in [2.24, 2.45) is 51.1 Å². The van der Waals surface area contributed by atoms with E-state index in [1.54, 1.807) is 6.21 Å². The highest BCUT2D eigenvalue weighted by Crippen LogP contribution is 2.64. The molecule has 0 radical (unpaired) electrons. The molecule has 0 unspecified atom stereocenters. The molecule has 0 aromatic rings. The van der Waals surface area contributed by atoms with Gasteiger partial charge in [-0.05, 0) is 114 Å². The summed E-state index contributed by atoms with van der Waals surface area (Å²) in [4.78, 5) is 13.5. The summed E-state index contributed by atoms with van der Waals surface area (Å²) in [6, 6.07) is -0.353. The monoisotopic (exact) mass is 415 g/mol. The Labute approximate surface area is 182 Å². The molecule has 4 rings (SSSR count).